The Balaban J connectivity index is 0.000000371. The van der Waals surface area contributed by atoms with Crippen LogP contribution < -0.4 is 0 Å². The van der Waals surface area contributed by atoms with Gasteiger partial charge in [-0.05, 0) is 42.5 Å². The van der Waals surface area contributed by atoms with Gasteiger partial charge in [0.05, 0.1) is 13.5 Å². The van der Waals surface area contributed by atoms with Gasteiger partial charge in [0.15, 0.2) is 5.82 Å². The number of aromatic nitrogens is 3. The first-order valence-corrected chi connectivity index (χ1v) is 11.1. The van der Waals surface area contributed by atoms with Gasteiger partial charge < -0.3 is 19.8 Å². The van der Waals surface area contributed by atoms with Crippen molar-refractivity contribution in [3.05, 3.63) is 65.0 Å². The van der Waals surface area contributed by atoms with E-state index in [1.165, 1.54) is 18.7 Å². The number of aryl methyl sites for hydroxylation is 2. The maximum atomic E-state index is 13.8. The Hall–Kier alpha value is -3.86. The minimum absolute atomic E-state index is 0.174. The average molecular weight is 487 g/mol. The lowest BCUT2D eigenvalue weighted by Crippen LogP contribution is -2.33. The van der Waals surface area contributed by atoms with Gasteiger partial charge in [0.1, 0.15) is 12.1 Å². The molecule has 1 aromatic heterocycles. The van der Waals surface area contributed by atoms with Gasteiger partial charge >= 0.3 is 17.9 Å². The van der Waals surface area contributed by atoms with Crippen LogP contribution in [0.15, 0.2) is 42.3 Å². The number of ether oxygens (including phenoxy) is 1. The molecular formula is C24H27FN4O6. The van der Waals surface area contributed by atoms with Crippen molar-refractivity contribution in [2.24, 2.45) is 0 Å². The standard InChI is InChI=1S/C20H23FN4O2.C4H4O4/c1-27-18(26)7-10-24-8-4-14(5-9-24)19-17-3-2-16(21)12-15(17)6-11-25-20(19)22-13-23-25;5-3(6)1-2-4(7)8/h2-3,12-13H,4-11H2,1H3;1-2H,(H,5,6)(H,7,8)/b;2-1+. The van der Waals surface area contributed by atoms with Gasteiger partial charge in [-0.15, -0.1) is 0 Å². The van der Waals surface area contributed by atoms with Crippen molar-refractivity contribution in [3.8, 4) is 0 Å². The number of methoxy groups -OCH3 is 1. The first kappa shape index (κ1) is 25.8. The number of esters is 1. The van der Waals surface area contributed by atoms with Gasteiger partial charge in [0.25, 0.3) is 0 Å². The zero-order valence-corrected chi connectivity index (χ0v) is 19.3. The summed E-state index contributed by atoms with van der Waals surface area (Å²) in [5, 5.41) is 20.0. The van der Waals surface area contributed by atoms with Crippen LogP contribution in [0.1, 0.15) is 36.2 Å². The molecule has 0 unspecified atom stereocenters. The number of fused-ring (bicyclic) bond motifs is 2. The summed E-state index contributed by atoms with van der Waals surface area (Å²) in [4.78, 5) is 37.3. The number of carbonyl (C=O) groups excluding carboxylic acids is 1. The van der Waals surface area contributed by atoms with Crippen LogP contribution in [0.2, 0.25) is 0 Å². The average Bonchev–Trinajstić information content (AvgIpc) is 3.24. The fourth-order valence-electron chi connectivity index (χ4n) is 4.12. The highest BCUT2D eigenvalue weighted by Crippen LogP contribution is 2.35. The highest BCUT2D eigenvalue weighted by Gasteiger charge is 2.26. The molecule has 0 atom stereocenters. The minimum atomic E-state index is -1.26. The first-order chi connectivity index (χ1) is 16.8. The minimum Gasteiger partial charge on any atom is -0.478 e. The normalized spacial score (nSPS) is 15.5. The second-order valence-corrected chi connectivity index (χ2v) is 8.01. The van der Waals surface area contributed by atoms with E-state index >= 15 is 0 Å². The van der Waals surface area contributed by atoms with Crippen molar-refractivity contribution in [2.45, 2.75) is 32.2 Å². The molecule has 0 amide bonds. The topological polar surface area (TPSA) is 135 Å². The Kier molecular flexibility index (Phi) is 8.85. The molecule has 2 aliphatic heterocycles. The van der Waals surface area contributed by atoms with Crippen LogP contribution in [0.25, 0.3) is 5.57 Å². The van der Waals surface area contributed by atoms with E-state index in [1.54, 1.807) is 12.4 Å². The Bertz CT molecular complexity index is 1130. The third-order valence-electron chi connectivity index (χ3n) is 5.81. The zero-order valence-electron chi connectivity index (χ0n) is 19.3. The molecule has 1 saturated heterocycles. The number of rotatable bonds is 5. The van der Waals surface area contributed by atoms with Crippen molar-refractivity contribution in [1.29, 1.82) is 0 Å². The molecule has 0 radical (unpaired) electrons. The predicted molar refractivity (Wildman–Crippen MR) is 123 cm³/mol. The summed E-state index contributed by atoms with van der Waals surface area (Å²) in [6, 6.07) is 5.03. The predicted octanol–water partition coefficient (Wildman–Crippen LogP) is 2.15. The number of aliphatic carboxylic acids is 2. The van der Waals surface area contributed by atoms with Crippen LogP contribution in [0, 0.1) is 5.82 Å². The third kappa shape index (κ3) is 7.06. The van der Waals surface area contributed by atoms with Gasteiger partial charge in [0.2, 0.25) is 0 Å². The summed E-state index contributed by atoms with van der Waals surface area (Å²) >= 11 is 0. The molecule has 0 bridgehead atoms. The summed E-state index contributed by atoms with van der Waals surface area (Å²) in [5.74, 6) is -2.02. The molecule has 35 heavy (non-hydrogen) atoms. The van der Waals surface area contributed by atoms with Crippen LogP contribution in [0.3, 0.4) is 0 Å². The number of nitrogens with zero attached hydrogens (tertiary/aromatic N) is 4. The third-order valence-corrected chi connectivity index (χ3v) is 5.81. The summed E-state index contributed by atoms with van der Waals surface area (Å²) in [6.45, 7) is 3.20. The lowest BCUT2D eigenvalue weighted by Gasteiger charge is -2.29. The summed E-state index contributed by atoms with van der Waals surface area (Å²) in [7, 11) is 1.42. The van der Waals surface area contributed by atoms with Gasteiger partial charge in [-0.2, -0.15) is 5.10 Å². The number of benzene rings is 1. The van der Waals surface area contributed by atoms with E-state index in [-0.39, 0.29) is 11.8 Å². The second kappa shape index (κ2) is 12.0. The highest BCUT2D eigenvalue weighted by atomic mass is 19.1. The number of carbonyl (C=O) groups is 3. The van der Waals surface area contributed by atoms with Gasteiger partial charge in [-0.1, -0.05) is 11.6 Å². The van der Waals surface area contributed by atoms with Crippen LogP contribution in [-0.2, 0) is 32.1 Å². The molecule has 1 aromatic carbocycles. The molecule has 0 aliphatic carbocycles. The lowest BCUT2D eigenvalue weighted by molar-refractivity contribution is -0.141. The Morgan fingerprint density at radius 1 is 1.09 bits per heavy atom. The van der Waals surface area contributed by atoms with E-state index in [4.69, 9.17) is 14.9 Å². The van der Waals surface area contributed by atoms with E-state index in [2.05, 4.69) is 15.0 Å². The number of carboxylic acids is 2. The van der Waals surface area contributed by atoms with Crippen LogP contribution >= 0.6 is 0 Å². The van der Waals surface area contributed by atoms with Crippen molar-refractivity contribution in [1.82, 2.24) is 19.7 Å². The van der Waals surface area contributed by atoms with Crippen LogP contribution in [0.5, 0.6) is 0 Å². The molecule has 4 rings (SSSR count). The van der Waals surface area contributed by atoms with Crippen LogP contribution in [0.4, 0.5) is 4.39 Å². The van der Waals surface area contributed by atoms with Crippen LogP contribution in [-0.4, -0.2) is 74.5 Å². The van der Waals surface area contributed by atoms with Crippen molar-refractivity contribution in [3.63, 3.8) is 0 Å². The lowest BCUT2D eigenvalue weighted by atomic mass is 9.90. The van der Waals surface area contributed by atoms with Crippen molar-refractivity contribution in [2.75, 3.05) is 26.7 Å². The van der Waals surface area contributed by atoms with E-state index in [0.717, 1.165) is 54.9 Å². The Morgan fingerprint density at radius 2 is 1.77 bits per heavy atom. The fourth-order valence-corrected chi connectivity index (χ4v) is 4.12. The number of carboxylic acid groups (broad SMARTS) is 2. The fraction of sp³-hybridized carbons (Fsp3) is 0.375. The highest BCUT2D eigenvalue weighted by molar-refractivity contribution is 5.89. The van der Waals surface area contributed by atoms with Crippen molar-refractivity contribution >= 4 is 23.5 Å². The van der Waals surface area contributed by atoms with Crippen molar-refractivity contribution < 1.29 is 33.7 Å². The largest absolute Gasteiger partial charge is 0.478 e. The summed E-state index contributed by atoms with van der Waals surface area (Å²) < 4.78 is 20.4. The first-order valence-electron chi connectivity index (χ1n) is 11.1. The number of hydrogen-bond acceptors (Lipinski definition) is 7. The Labute approximate surface area is 201 Å². The molecular weight excluding hydrogens is 459 g/mol. The molecule has 2 aromatic rings. The smallest absolute Gasteiger partial charge is 0.328 e. The second-order valence-electron chi connectivity index (χ2n) is 8.01. The quantitative estimate of drug-likeness (QED) is 0.481. The maximum Gasteiger partial charge on any atom is 0.328 e. The monoisotopic (exact) mass is 486 g/mol. The molecule has 0 saturated carbocycles. The van der Waals surface area contributed by atoms with Gasteiger partial charge in [-0.3, -0.25) is 4.79 Å². The van der Waals surface area contributed by atoms with E-state index in [0.29, 0.717) is 31.7 Å². The Morgan fingerprint density at radius 3 is 2.40 bits per heavy atom. The maximum absolute atomic E-state index is 13.8. The molecule has 10 nitrogen and oxygen atoms in total. The molecule has 2 N–H and O–H groups in total. The number of piperidine rings is 1. The SMILES string of the molecule is COC(=O)CCN1CCC(=C2c3ccc(F)cc3CCn3ncnc32)CC1.O=C(O)/C=C/C(=O)O. The number of likely N-dealkylation sites (tertiary alicyclic amines) is 1. The number of hydrogen-bond donors (Lipinski definition) is 2. The van der Waals surface area contributed by atoms with E-state index < -0.39 is 11.9 Å². The van der Waals surface area contributed by atoms with E-state index in [9.17, 15) is 18.8 Å². The molecule has 3 heterocycles. The zero-order chi connectivity index (χ0) is 25.4. The van der Waals surface area contributed by atoms with Gasteiger partial charge in [-0.25, -0.2) is 23.6 Å². The molecule has 11 heteroatoms. The molecule has 0 spiro atoms. The summed E-state index contributed by atoms with van der Waals surface area (Å²) in [6.07, 6.45) is 5.67. The molecule has 1 fully saturated rings. The summed E-state index contributed by atoms with van der Waals surface area (Å²) in [5.41, 5.74) is 4.51. The molecule has 186 valence electrons. The molecule has 2 aliphatic rings. The van der Waals surface area contributed by atoms with E-state index in [1.807, 2.05) is 10.7 Å². The van der Waals surface area contributed by atoms with Gasteiger partial charge in [0, 0.05) is 43.9 Å². The number of halogens is 1.